The van der Waals surface area contributed by atoms with Crippen LogP contribution in [0.2, 0.25) is 0 Å². The van der Waals surface area contributed by atoms with Crippen molar-refractivity contribution in [2.45, 2.75) is 26.4 Å². The van der Waals surface area contributed by atoms with Crippen molar-refractivity contribution in [3.63, 3.8) is 0 Å². The molecular weight excluding hydrogens is 230 g/mol. The summed E-state index contributed by atoms with van der Waals surface area (Å²) in [5, 5.41) is 3.80. The zero-order valence-electron chi connectivity index (χ0n) is 10.1. The van der Waals surface area contributed by atoms with E-state index in [1.807, 2.05) is 31.2 Å². The van der Waals surface area contributed by atoms with E-state index in [-0.39, 0.29) is 5.78 Å². The lowest BCUT2D eigenvalue weighted by Crippen LogP contribution is -1.98. The van der Waals surface area contributed by atoms with Crippen molar-refractivity contribution < 1.29 is 14.1 Å². The number of carbonyl (C=O) groups is 1. The Morgan fingerprint density at radius 1 is 1.39 bits per heavy atom. The molecule has 2 aromatic rings. The molecule has 1 aromatic heterocycles. The predicted molar refractivity (Wildman–Crippen MR) is 64.7 cm³/mol. The van der Waals surface area contributed by atoms with Gasteiger partial charge in [0.15, 0.2) is 11.5 Å². The molecule has 0 bridgehead atoms. The van der Waals surface area contributed by atoms with Gasteiger partial charge in [-0.05, 0) is 19.4 Å². The van der Waals surface area contributed by atoms with Crippen LogP contribution in [-0.2, 0) is 13.0 Å². The molecule has 0 aliphatic heterocycles. The second-order valence-electron chi connectivity index (χ2n) is 4.43. The van der Waals surface area contributed by atoms with E-state index in [9.17, 15) is 4.79 Å². The first-order valence-electron chi connectivity index (χ1n) is 5.94. The van der Waals surface area contributed by atoms with Gasteiger partial charge in [0.2, 0.25) is 0 Å². The van der Waals surface area contributed by atoms with Gasteiger partial charge in [0.25, 0.3) is 0 Å². The molecule has 1 heterocycles. The van der Waals surface area contributed by atoms with Crippen molar-refractivity contribution in [1.82, 2.24) is 5.16 Å². The Labute approximate surface area is 105 Å². The van der Waals surface area contributed by atoms with Crippen LogP contribution in [0.3, 0.4) is 0 Å². The quantitative estimate of drug-likeness (QED) is 0.831. The average Bonchev–Trinajstić information content (AvgIpc) is 2.94. The van der Waals surface area contributed by atoms with E-state index in [2.05, 4.69) is 5.16 Å². The lowest BCUT2D eigenvalue weighted by Gasteiger charge is -2.08. The van der Waals surface area contributed by atoms with Gasteiger partial charge in [-0.1, -0.05) is 17.3 Å². The van der Waals surface area contributed by atoms with Crippen LogP contribution in [0.15, 0.2) is 28.8 Å². The van der Waals surface area contributed by atoms with Crippen LogP contribution in [0.1, 0.15) is 33.8 Å². The highest BCUT2D eigenvalue weighted by molar-refractivity contribution is 6.01. The molecule has 4 heteroatoms. The van der Waals surface area contributed by atoms with Gasteiger partial charge in [0.05, 0.1) is 5.69 Å². The first-order chi connectivity index (χ1) is 8.74. The topological polar surface area (TPSA) is 52.3 Å². The van der Waals surface area contributed by atoms with E-state index in [1.165, 1.54) is 0 Å². The molecule has 0 unspecified atom stereocenters. The van der Waals surface area contributed by atoms with Crippen molar-refractivity contribution in [2.24, 2.45) is 0 Å². The minimum Gasteiger partial charge on any atom is -0.485 e. The molecule has 0 amide bonds. The fraction of sp³-hybridized carbons (Fsp3) is 0.286. The fourth-order valence-electron chi connectivity index (χ4n) is 2.23. The summed E-state index contributed by atoms with van der Waals surface area (Å²) < 4.78 is 10.8. The van der Waals surface area contributed by atoms with Crippen LogP contribution < -0.4 is 4.74 Å². The van der Waals surface area contributed by atoms with Gasteiger partial charge in [-0.25, -0.2) is 0 Å². The summed E-state index contributed by atoms with van der Waals surface area (Å²) >= 11 is 0. The maximum atomic E-state index is 11.6. The number of ketones is 1. The van der Waals surface area contributed by atoms with Crippen LogP contribution in [-0.4, -0.2) is 10.9 Å². The molecule has 0 N–H and O–H groups in total. The molecule has 3 rings (SSSR count). The van der Waals surface area contributed by atoms with Crippen LogP contribution >= 0.6 is 0 Å². The van der Waals surface area contributed by atoms with E-state index < -0.39 is 0 Å². The minimum atomic E-state index is 0.200. The number of hydrogen-bond donors (Lipinski definition) is 0. The summed E-state index contributed by atoms with van der Waals surface area (Å²) in [7, 11) is 0. The zero-order valence-corrected chi connectivity index (χ0v) is 10.1. The lowest BCUT2D eigenvalue weighted by molar-refractivity contribution is 0.0994. The smallest absolute Gasteiger partial charge is 0.174 e. The summed E-state index contributed by atoms with van der Waals surface area (Å²) in [5.74, 6) is 1.66. The van der Waals surface area contributed by atoms with E-state index in [4.69, 9.17) is 9.26 Å². The predicted octanol–water partition coefficient (Wildman–Crippen LogP) is 2.69. The summed E-state index contributed by atoms with van der Waals surface area (Å²) in [4.78, 5) is 11.6. The second-order valence-corrected chi connectivity index (χ2v) is 4.43. The number of hydrogen-bond acceptors (Lipinski definition) is 4. The first kappa shape index (κ1) is 11.0. The van der Waals surface area contributed by atoms with Crippen molar-refractivity contribution in [2.75, 3.05) is 0 Å². The Bertz CT molecular complexity index is 601. The molecule has 0 saturated heterocycles. The minimum absolute atomic E-state index is 0.200. The van der Waals surface area contributed by atoms with Crippen molar-refractivity contribution in [3.8, 4) is 5.75 Å². The van der Waals surface area contributed by atoms with Gasteiger partial charge in [0.1, 0.15) is 12.4 Å². The van der Waals surface area contributed by atoms with Gasteiger partial charge in [-0.3, -0.25) is 4.79 Å². The highest BCUT2D eigenvalue weighted by atomic mass is 16.5. The molecule has 0 spiro atoms. The molecule has 1 aliphatic carbocycles. The van der Waals surface area contributed by atoms with Crippen LogP contribution in [0, 0.1) is 6.92 Å². The summed E-state index contributed by atoms with van der Waals surface area (Å²) in [6.45, 7) is 2.21. The molecule has 92 valence electrons. The first-order valence-corrected chi connectivity index (χ1v) is 5.94. The number of rotatable bonds is 3. The SMILES string of the molecule is Cc1cc(COc2cccc3c2CCC3=O)on1. The third-order valence-electron chi connectivity index (χ3n) is 3.08. The largest absolute Gasteiger partial charge is 0.485 e. The Hall–Kier alpha value is -2.10. The van der Waals surface area contributed by atoms with E-state index >= 15 is 0 Å². The fourth-order valence-corrected chi connectivity index (χ4v) is 2.23. The Morgan fingerprint density at radius 2 is 2.28 bits per heavy atom. The summed E-state index contributed by atoms with van der Waals surface area (Å²) in [6, 6.07) is 7.44. The third-order valence-corrected chi connectivity index (χ3v) is 3.08. The third kappa shape index (κ3) is 1.90. The van der Waals surface area contributed by atoms with Crippen molar-refractivity contribution in [3.05, 3.63) is 46.8 Å². The summed E-state index contributed by atoms with van der Waals surface area (Å²) in [6.07, 6.45) is 1.34. The molecular formula is C14H13NO3. The van der Waals surface area contributed by atoms with Gasteiger partial charge >= 0.3 is 0 Å². The Morgan fingerprint density at radius 3 is 3.06 bits per heavy atom. The normalized spacial score (nSPS) is 13.7. The average molecular weight is 243 g/mol. The number of aryl methyl sites for hydroxylation is 1. The number of benzene rings is 1. The number of fused-ring (bicyclic) bond motifs is 1. The van der Waals surface area contributed by atoms with Gasteiger partial charge in [-0.15, -0.1) is 0 Å². The number of ether oxygens (including phenoxy) is 1. The standard InChI is InChI=1S/C14H13NO3/c1-9-7-10(18-15-9)8-17-14-4-2-3-11-12(14)5-6-13(11)16/h2-4,7H,5-6,8H2,1H3. The Kier molecular flexibility index (Phi) is 2.63. The molecule has 0 radical (unpaired) electrons. The second kappa shape index (κ2) is 4.29. The van der Waals surface area contributed by atoms with Gasteiger partial charge in [-0.2, -0.15) is 0 Å². The number of aromatic nitrogens is 1. The van der Waals surface area contributed by atoms with Crippen LogP contribution in [0.4, 0.5) is 0 Å². The molecule has 4 nitrogen and oxygen atoms in total. The van der Waals surface area contributed by atoms with Gasteiger partial charge < -0.3 is 9.26 Å². The molecule has 18 heavy (non-hydrogen) atoms. The van der Waals surface area contributed by atoms with Crippen molar-refractivity contribution in [1.29, 1.82) is 0 Å². The maximum Gasteiger partial charge on any atom is 0.174 e. The molecule has 1 aromatic carbocycles. The van der Waals surface area contributed by atoms with E-state index in [0.717, 1.165) is 29.0 Å². The highest BCUT2D eigenvalue weighted by Gasteiger charge is 2.22. The Balaban J connectivity index is 1.80. The van der Waals surface area contributed by atoms with E-state index in [0.29, 0.717) is 18.8 Å². The number of Topliss-reactive ketones (excluding diaryl/α,β-unsaturated/α-hetero) is 1. The van der Waals surface area contributed by atoms with E-state index in [1.54, 1.807) is 0 Å². The lowest BCUT2D eigenvalue weighted by atomic mass is 10.1. The summed E-state index contributed by atoms with van der Waals surface area (Å²) in [5.41, 5.74) is 2.64. The molecule has 0 fully saturated rings. The molecule has 0 saturated carbocycles. The highest BCUT2D eigenvalue weighted by Crippen LogP contribution is 2.30. The zero-order chi connectivity index (χ0) is 12.5. The monoisotopic (exact) mass is 243 g/mol. The van der Waals surface area contributed by atoms with Gasteiger partial charge in [0, 0.05) is 23.6 Å². The number of carbonyl (C=O) groups excluding carboxylic acids is 1. The van der Waals surface area contributed by atoms with Crippen molar-refractivity contribution >= 4 is 5.78 Å². The molecule has 0 atom stereocenters. The number of nitrogens with zero attached hydrogens (tertiary/aromatic N) is 1. The molecule has 1 aliphatic rings. The maximum absolute atomic E-state index is 11.6. The van der Waals surface area contributed by atoms with Crippen LogP contribution in [0.5, 0.6) is 5.75 Å². The van der Waals surface area contributed by atoms with Crippen LogP contribution in [0.25, 0.3) is 0 Å².